The number of nitrogens with zero attached hydrogens (tertiary/aromatic N) is 4. The van der Waals surface area contributed by atoms with Gasteiger partial charge in [0.15, 0.2) is 0 Å². The topological polar surface area (TPSA) is 203 Å². The number of hydrogen-bond donors (Lipinski definition) is 4. The number of carboxylic acids is 4. The molecule has 8 bridgehead atoms. The molecule has 0 saturated carbocycles. The summed E-state index contributed by atoms with van der Waals surface area (Å²) in [5.41, 5.74) is 17.6. The smallest absolute Gasteiger partial charge is 0.657 e. The van der Waals surface area contributed by atoms with Gasteiger partial charge in [0.2, 0.25) is 0 Å². The Balaban J connectivity index is 0.00000832. The number of carboxylic acid groups (broad SMARTS) is 4. The summed E-state index contributed by atoms with van der Waals surface area (Å²) in [7, 11) is 0. The molecule has 0 aliphatic carbocycles. The minimum Gasteiger partial charge on any atom is -0.657 e. The molecule has 0 atom stereocenters. The van der Waals surface area contributed by atoms with Crippen LogP contribution in [0.2, 0.25) is 0 Å². The molecule has 0 unspecified atom stereocenters. The molecule has 8 aromatic carbocycles. The summed E-state index contributed by atoms with van der Waals surface area (Å²) in [6.45, 7) is 0. The van der Waals surface area contributed by atoms with Crippen LogP contribution in [0, 0.1) is 47.4 Å². The molecule has 5 heterocycles. The number of benzene rings is 8. The van der Waals surface area contributed by atoms with Gasteiger partial charge in [0.25, 0.3) is 0 Å². The number of aromatic nitrogens is 4. The summed E-state index contributed by atoms with van der Waals surface area (Å²) in [6.07, 6.45) is 7.92. The molecule has 3 aromatic heterocycles. The zero-order valence-electron chi connectivity index (χ0n) is 48.6. The summed E-state index contributed by atoms with van der Waals surface area (Å²) < 4.78 is 0. The van der Waals surface area contributed by atoms with Crippen molar-refractivity contribution in [1.29, 1.82) is 0 Å². The Kier molecular flexibility index (Phi) is 17.1. The first-order valence-corrected chi connectivity index (χ1v) is 28.7. The van der Waals surface area contributed by atoms with Gasteiger partial charge in [0.1, 0.15) is 0 Å². The minimum absolute atomic E-state index is 0. The molecule has 13 heteroatoms. The van der Waals surface area contributed by atoms with E-state index < -0.39 is 23.9 Å². The summed E-state index contributed by atoms with van der Waals surface area (Å²) in [5, 5.41) is 37.7. The molecule has 0 fully saturated rings. The Morgan fingerprint density at radius 3 is 0.570 bits per heavy atom. The molecule has 4 N–H and O–H groups in total. The van der Waals surface area contributed by atoms with Crippen molar-refractivity contribution in [3.8, 4) is 91.9 Å². The van der Waals surface area contributed by atoms with Gasteiger partial charge in [-0.25, -0.2) is 29.1 Å². The van der Waals surface area contributed by atoms with Crippen molar-refractivity contribution in [2.75, 3.05) is 0 Å². The maximum atomic E-state index is 11.5. The second kappa shape index (κ2) is 26.4. The van der Waals surface area contributed by atoms with Crippen molar-refractivity contribution >= 4 is 70.2 Å². The molecule has 2 aliphatic heterocycles. The van der Waals surface area contributed by atoms with E-state index in [4.69, 9.17) is 19.9 Å². The second-order valence-electron chi connectivity index (χ2n) is 21.2. The van der Waals surface area contributed by atoms with Crippen LogP contribution in [0.5, 0.6) is 0 Å². The maximum absolute atomic E-state index is 11.5. The molecule has 0 saturated heterocycles. The fourth-order valence-electron chi connectivity index (χ4n) is 10.5. The molecular formula is C80H44N4NiO8. The Labute approximate surface area is 543 Å². The maximum Gasteiger partial charge on any atom is 2.00 e. The number of hydrogen-bond acceptors (Lipinski definition) is 6. The Hall–Kier alpha value is -13.0. The van der Waals surface area contributed by atoms with Gasteiger partial charge in [-0.15, -0.1) is 22.1 Å². The van der Waals surface area contributed by atoms with Crippen LogP contribution >= 0.6 is 0 Å². The molecule has 0 spiro atoms. The summed E-state index contributed by atoms with van der Waals surface area (Å²) in [6, 6.07) is 64.9. The van der Waals surface area contributed by atoms with Gasteiger partial charge >= 0.3 is 40.4 Å². The summed E-state index contributed by atoms with van der Waals surface area (Å²) in [4.78, 5) is 67.8. The third-order valence-corrected chi connectivity index (χ3v) is 15.2. The second-order valence-corrected chi connectivity index (χ2v) is 21.2. The zero-order valence-corrected chi connectivity index (χ0v) is 49.6. The number of carbonyl (C=O) groups is 4. The number of fused-ring (bicyclic) bond motifs is 8. The normalized spacial score (nSPS) is 10.8. The van der Waals surface area contributed by atoms with Gasteiger partial charge in [-0.1, -0.05) is 120 Å². The van der Waals surface area contributed by atoms with Crippen LogP contribution in [0.25, 0.3) is 90.9 Å². The van der Waals surface area contributed by atoms with Gasteiger partial charge < -0.3 is 30.4 Å². The van der Waals surface area contributed by atoms with Crippen molar-refractivity contribution in [2.24, 2.45) is 0 Å². The fourth-order valence-corrected chi connectivity index (χ4v) is 10.5. The van der Waals surface area contributed by atoms with E-state index in [2.05, 4.69) is 47.4 Å². The molecule has 13 rings (SSSR count). The van der Waals surface area contributed by atoms with E-state index in [-0.39, 0.29) is 38.7 Å². The Morgan fingerprint density at radius 1 is 0.247 bits per heavy atom. The van der Waals surface area contributed by atoms with Crippen LogP contribution in [-0.2, 0) is 16.5 Å². The van der Waals surface area contributed by atoms with Crippen LogP contribution < -0.4 is 9.97 Å². The summed E-state index contributed by atoms with van der Waals surface area (Å²) >= 11 is 0. The molecule has 442 valence electrons. The standard InChI is InChI=1S/C80H46N4O8.Ni/c85-77(86)61-33-17-53(18-34-61)5-1-49-9-25-57(26-10-49)73-65-41-43-67(81-65)74(58-27-11-50(12-28-58)2-6-54-19-35-62(36-20-54)78(87)88)69-45-47-71(83-69)76(60-31-15-52(16-32-60)4-8-56-23-39-64(40-24-56)80(91)92)72-48-46-70(84-72)75(68-44-42-66(73)82-68)59-29-13-51(14-30-59)3-7-55-21-37-63(38-22-55)79(89)90;/h9-48H,(H6,81,82,83,84,85,86,87,88,89,90,91,92);/q;+2/p-2. The van der Waals surface area contributed by atoms with Crippen LogP contribution in [-0.4, -0.2) is 54.3 Å². The summed E-state index contributed by atoms with van der Waals surface area (Å²) in [5.74, 6) is 21.4. The zero-order chi connectivity index (χ0) is 63.2. The van der Waals surface area contributed by atoms with Gasteiger partial charge in [0, 0.05) is 44.5 Å². The van der Waals surface area contributed by atoms with E-state index >= 15 is 0 Å². The number of aromatic carboxylic acids is 4. The Morgan fingerprint density at radius 2 is 0.409 bits per heavy atom. The molecular weight excluding hydrogens is 1200 g/mol. The predicted octanol–water partition coefficient (Wildman–Crippen LogP) is 15.0. The van der Waals surface area contributed by atoms with Crippen LogP contribution in [0.15, 0.2) is 218 Å². The van der Waals surface area contributed by atoms with Crippen molar-refractivity contribution in [1.82, 2.24) is 19.9 Å². The van der Waals surface area contributed by atoms with Gasteiger partial charge in [0.05, 0.1) is 45.0 Å². The van der Waals surface area contributed by atoms with Crippen LogP contribution in [0.3, 0.4) is 0 Å². The van der Waals surface area contributed by atoms with Gasteiger partial charge in [-0.05, 0) is 214 Å². The quantitative estimate of drug-likeness (QED) is 0.0829. The molecule has 0 radical (unpaired) electrons. The van der Waals surface area contributed by atoms with E-state index in [0.29, 0.717) is 67.1 Å². The number of rotatable bonds is 8. The minimum atomic E-state index is -1.01. The van der Waals surface area contributed by atoms with E-state index in [0.717, 1.165) is 66.8 Å². The van der Waals surface area contributed by atoms with Crippen LogP contribution in [0.4, 0.5) is 0 Å². The third kappa shape index (κ3) is 13.4. The Bertz CT molecular complexity index is 4680. The van der Waals surface area contributed by atoms with Crippen molar-refractivity contribution in [2.45, 2.75) is 0 Å². The monoisotopic (exact) mass is 1250 g/mol. The largest absolute Gasteiger partial charge is 2.00 e. The van der Waals surface area contributed by atoms with Crippen molar-refractivity contribution in [3.63, 3.8) is 0 Å². The van der Waals surface area contributed by atoms with Crippen LogP contribution in [0.1, 0.15) is 109 Å². The first-order valence-electron chi connectivity index (χ1n) is 28.7. The average Bonchev–Trinajstić information content (AvgIpc) is 1.65. The van der Waals surface area contributed by atoms with Crippen molar-refractivity contribution in [3.05, 3.63) is 308 Å². The molecule has 0 amide bonds. The first kappa shape index (κ1) is 60.3. The SMILES string of the molecule is O=C(O)c1ccc(C#Cc2ccc(-c3c4nc(c(-c5ccc(C#Cc6ccc(C(=O)O)cc6)cc5)c5ccc([n-]5)c(-c5ccc(C#Cc6ccc(C(=O)O)cc6)cc5)c5nc(c(-c6ccc(C#Cc7ccc(C(=O)O)cc7)cc6)c6ccc3[n-]6)C=C5)C=C4)cc2)cc1.[Ni+2]. The van der Waals surface area contributed by atoms with Crippen molar-refractivity contribution < 1.29 is 56.1 Å². The van der Waals surface area contributed by atoms with Gasteiger partial charge in [-0.3, -0.25) is 0 Å². The molecule has 93 heavy (non-hydrogen) atoms. The van der Waals surface area contributed by atoms with E-state index in [1.807, 2.05) is 146 Å². The van der Waals surface area contributed by atoms with E-state index in [1.165, 1.54) is 48.5 Å². The van der Waals surface area contributed by atoms with E-state index in [9.17, 15) is 39.6 Å². The average molecular weight is 1250 g/mol. The molecule has 2 aliphatic rings. The van der Waals surface area contributed by atoms with E-state index in [1.54, 1.807) is 48.5 Å². The molecule has 12 nitrogen and oxygen atoms in total. The fraction of sp³-hybridized carbons (Fsp3) is 0. The molecule has 11 aromatic rings. The third-order valence-electron chi connectivity index (χ3n) is 15.2. The predicted molar refractivity (Wildman–Crippen MR) is 356 cm³/mol. The van der Waals surface area contributed by atoms with Gasteiger partial charge in [-0.2, -0.15) is 0 Å². The first-order chi connectivity index (χ1) is 44.8.